The smallest absolute Gasteiger partial charge is 0.0615 e. The van der Waals surface area contributed by atoms with E-state index < -0.39 is 0 Å². The zero-order valence-corrected chi connectivity index (χ0v) is 26.1. The normalized spacial score (nSPS) is 26.5. The van der Waals surface area contributed by atoms with Crippen LogP contribution in [0.3, 0.4) is 0 Å². The zero-order chi connectivity index (χ0) is 28.5. The Morgan fingerprint density at radius 2 is 0.814 bits per heavy atom. The highest BCUT2D eigenvalue weighted by Crippen LogP contribution is 2.72. The summed E-state index contributed by atoms with van der Waals surface area (Å²) in [7, 11) is 0. The Balaban J connectivity index is 1.12. The summed E-state index contributed by atoms with van der Waals surface area (Å²) in [6, 6.07) is 36.5. The minimum Gasteiger partial charge on any atom is -0.116 e. The van der Waals surface area contributed by atoms with Crippen LogP contribution in [0.2, 0.25) is 0 Å². The fourth-order valence-corrected chi connectivity index (χ4v) is 12.7. The molecule has 1 fully saturated rings. The molecular formula is C41H32S2. The van der Waals surface area contributed by atoms with E-state index in [1.807, 2.05) is 0 Å². The van der Waals surface area contributed by atoms with Crippen molar-refractivity contribution in [2.75, 3.05) is 0 Å². The Morgan fingerprint density at radius 1 is 0.488 bits per heavy atom. The molecule has 2 aliphatic heterocycles. The first kappa shape index (κ1) is 24.9. The monoisotopic (exact) mass is 588 g/mol. The number of hydrogen-bond acceptors (Lipinski definition) is 2. The van der Waals surface area contributed by atoms with Crippen LogP contribution in [0, 0.1) is 0 Å². The van der Waals surface area contributed by atoms with Crippen LogP contribution >= 0.6 is 23.5 Å². The summed E-state index contributed by atoms with van der Waals surface area (Å²) in [5, 5.41) is 0. The van der Waals surface area contributed by atoms with Crippen molar-refractivity contribution >= 4 is 23.5 Å². The lowest BCUT2D eigenvalue weighted by atomic mass is 9.72. The second-order valence-corrected chi connectivity index (χ2v) is 16.2. The van der Waals surface area contributed by atoms with Gasteiger partial charge in [-0.25, -0.2) is 0 Å². The minimum atomic E-state index is -0.0200. The highest BCUT2D eigenvalue weighted by molar-refractivity contribution is 8.09. The third-order valence-electron chi connectivity index (χ3n) is 11.3. The van der Waals surface area contributed by atoms with Crippen molar-refractivity contribution in [3.05, 3.63) is 164 Å². The van der Waals surface area contributed by atoms with E-state index >= 15 is 0 Å². The van der Waals surface area contributed by atoms with E-state index in [1.165, 1.54) is 73.6 Å². The first-order valence-electron chi connectivity index (χ1n) is 15.7. The van der Waals surface area contributed by atoms with Crippen molar-refractivity contribution in [2.24, 2.45) is 0 Å². The SMILES string of the molecule is CC12SC(C3c4ccccc4-c4ccccc43)=CC1=C1CCCC1=C1C=C(C3c4ccccc4-c4ccccc43)SC12C. The van der Waals surface area contributed by atoms with Gasteiger partial charge in [-0.15, -0.1) is 23.5 Å². The van der Waals surface area contributed by atoms with E-state index in [9.17, 15) is 0 Å². The highest BCUT2D eigenvalue weighted by atomic mass is 32.2. The molecule has 0 saturated heterocycles. The number of fused-ring (bicyclic) bond motifs is 10. The number of thioether (sulfide) groups is 2. The fraction of sp³-hybridized carbons (Fsp3) is 0.220. The van der Waals surface area contributed by atoms with Crippen molar-refractivity contribution in [3.63, 3.8) is 0 Å². The fourth-order valence-electron chi connectivity index (χ4n) is 9.21. The molecular weight excluding hydrogens is 557 g/mol. The molecule has 4 aromatic carbocycles. The van der Waals surface area contributed by atoms with Gasteiger partial charge in [-0.3, -0.25) is 0 Å². The average Bonchev–Trinajstić information content (AvgIpc) is 3.84. The summed E-state index contributed by atoms with van der Waals surface area (Å²) in [4.78, 5) is 3.06. The average molecular weight is 589 g/mol. The summed E-state index contributed by atoms with van der Waals surface area (Å²) in [6.45, 7) is 5.15. The molecule has 0 N–H and O–H groups in total. The van der Waals surface area contributed by atoms with Crippen molar-refractivity contribution in [1.82, 2.24) is 0 Å². The predicted octanol–water partition coefficient (Wildman–Crippen LogP) is 11.2. The van der Waals surface area contributed by atoms with Gasteiger partial charge in [-0.2, -0.15) is 0 Å². The summed E-state index contributed by atoms with van der Waals surface area (Å²) in [6.07, 6.45) is 9.00. The maximum Gasteiger partial charge on any atom is 0.0615 e. The van der Waals surface area contributed by atoms with E-state index in [2.05, 4.69) is 147 Å². The molecule has 208 valence electrons. The summed E-state index contributed by atoms with van der Waals surface area (Å²) in [5.74, 6) is 0.634. The van der Waals surface area contributed by atoms with E-state index in [0.29, 0.717) is 11.8 Å². The molecule has 2 unspecified atom stereocenters. The van der Waals surface area contributed by atoms with Crippen molar-refractivity contribution in [1.29, 1.82) is 0 Å². The van der Waals surface area contributed by atoms with E-state index in [-0.39, 0.29) is 9.49 Å². The van der Waals surface area contributed by atoms with Gasteiger partial charge < -0.3 is 0 Å². The van der Waals surface area contributed by atoms with Crippen LogP contribution < -0.4 is 0 Å². The third-order valence-corrected chi connectivity index (χ3v) is 14.6. The van der Waals surface area contributed by atoms with Gasteiger partial charge in [0.1, 0.15) is 0 Å². The number of hydrogen-bond donors (Lipinski definition) is 0. The summed E-state index contributed by atoms with van der Waals surface area (Å²) >= 11 is 4.35. The van der Waals surface area contributed by atoms with Gasteiger partial charge >= 0.3 is 0 Å². The minimum absolute atomic E-state index is 0.0200. The van der Waals surface area contributed by atoms with Crippen molar-refractivity contribution < 1.29 is 0 Å². The van der Waals surface area contributed by atoms with Crippen LogP contribution in [-0.2, 0) is 0 Å². The number of rotatable bonds is 2. The van der Waals surface area contributed by atoms with Gasteiger partial charge in [-0.05, 0) is 122 Å². The van der Waals surface area contributed by atoms with Gasteiger partial charge in [0.15, 0.2) is 0 Å². The van der Waals surface area contributed by atoms with Crippen LogP contribution in [-0.4, -0.2) is 9.49 Å². The van der Waals surface area contributed by atoms with Crippen LogP contribution in [0.15, 0.2) is 141 Å². The molecule has 0 spiro atoms. The summed E-state index contributed by atoms with van der Waals surface area (Å²) in [5.41, 5.74) is 18.1. The van der Waals surface area contributed by atoms with Gasteiger partial charge in [0, 0.05) is 11.8 Å². The van der Waals surface area contributed by atoms with Crippen molar-refractivity contribution in [3.8, 4) is 22.3 Å². The quantitative estimate of drug-likeness (QED) is 0.228. The summed E-state index contributed by atoms with van der Waals surface area (Å²) < 4.78 is -0.0399. The lowest BCUT2D eigenvalue weighted by molar-refractivity contribution is 0.607. The molecule has 0 radical (unpaired) electrons. The highest BCUT2D eigenvalue weighted by Gasteiger charge is 2.60. The van der Waals surface area contributed by atoms with E-state index in [0.717, 1.165) is 0 Å². The topological polar surface area (TPSA) is 0 Å². The van der Waals surface area contributed by atoms with E-state index in [4.69, 9.17) is 0 Å². The molecule has 0 aromatic heterocycles. The predicted molar refractivity (Wildman–Crippen MR) is 184 cm³/mol. The Morgan fingerprint density at radius 3 is 1.16 bits per heavy atom. The molecule has 4 aliphatic carbocycles. The molecule has 2 heteroatoms. The molecule has 43 heavy (non-hydrogen) atoms. The second kappa shape index (κ2) is 8.58. The number of allylic oxidation sites excluding steroid dienone is 6. The number of benzene rings is 4. The van der Waals surface area contributed by atoms with Crippen molar-refractivity contribution in [2.45, 2.75) is 54.4 Å². The lowest BCUT2D eigenvalue weighted by Gasteiger charge is -2.47. The largest absolute Gasteiger partial charge is 0.116 e. The Kier molecular flexibility index (Phi) is 4.98. The molecule has 0 bridgehead atoms. The third kappa shape index (κ3) is 3.07. The molecule has 0 amide bonds. The molecule has 4 aromatic rings. The standard InChI is InChI=1S/C41H32S2/c1-40-34(22-36(42-40)38-30-16-7-3-12-24(30)25-13-4-8-17-31(25)38)28-20-11-21-29(28)35-23-37(43-41(35,40)2)39-32-18-9-5-14-26(32)27-15-6-10-19-33(27)39/h3-10,12-19,22-23,38-39H,11,20-21H2,1-2H3. The van der Waals surface area contributed by atoms with Crippen LogP contribution in [0.25, 0.3) is 22.3 Å². The molecule has 1 saturated carbocycles. The maximum atomic E-state index is 2.65. The molecule has 6 aliphatic rings. The maximum absolute atomic E-state index is 2.65. The van der Waals surface area contributed by atoms with Gasteiger partial charge in [0.2, 0.25) is 0 Å². The van der Waals surface area contributed by atoms with Gasteiger partial charge in [0.05, 0.1) is 9.49 Å². The first-order valence-corrected chi connectivity index (χ1v) is 17.4. The lowest BCUT2D eigenvalue weighted by Crippen LogP contribution is -2.47. The Hall–Kier alpha value is -3.46. The van der Waals surface area contributed by atoms with Crippen LogP contribution in [0.5, 0.6) is 0 Å². The van der Waals surface area contributed by atoms with Gasteiger partial charge in [0.25, 0.3) is 0 Å². The Labute approximate surface area is 262 Å². The molecule has 0 nitrogen and oxygen atoms in total. The first-order chi connectivity index (χ1) is 21.1. The molecule has 10 rings (SSSR count). The van der Waals surface area contributed by atoms with E-state index in [1.54, 1.807) is 22.3 Å². The Bertz CT molecular complexity index is 1820. The second-order valence-electron chi connectivity index (χ2n) is 13.2. The molecule has 2 heterocycles. The van der Waals surface area contributed by atoms with Crippen LogP contribution in [0.1, 0.15) is 67.2 Å². The molecule has 2 atom stereocenters. The van der Waals surface area contributed by atoms with Gasteiger partial charge in [-0.1, -0.05) is 97.1 Å². The van der Waals surface area contributed by atoms with Crippen LogP contribution in [0.4, 0.5) is 0 Å². The zero-order valence-electron chi connectivity index (χ0n) is 24.5.